The van der Waals surface area contributed by atoms with Crippen molar-refractivity contribution in [2.75, 3.05) is 26.7 Å². The molecule has 2 aromatic rings. The number of para-hydroxylation sites is 1. The van der Waals surface area contributed by atoms with Crippen LogP contribution in [0.5, 0.6) is 0 Å². The van der Waals surface area contributed by atoms with Gasteiger partial charge in [-0.25, -0.2) is 0 Å². The van der Waals surface area contributed by atoms with Crippen LogP contribution in [-0.2, 0) is 11.2 Å². The van der Waals surface area contributed by atoms with Crippen molar-refractivity contribution in [3.63, 3.8) is 0 Å². The average Bonchev–Trinajstić information content (AvgIpc) is 2.89. The van der Waals surface area contributed by atoms with Crippen LogP contribution in [0.25, 0.3) is 10.9 Å². The summed E-state index contributed by atoms with van der Waals surface area (Å²) in [6.07, 6.45) is 0.212. The van der Waals surface area contributed by atoms with Crippen molar-refractivity contribution >= 4 is 41.6 Å². The van der Waals surface area contributed by atoms with Gasteiger partial charge in [0, 0.05) is 30.1 Å². The zero-order chi connectivity index (χ0) is 15.5. The summed E-state index contributed by atoms with van der Waals surface area (Å²) in [7, 11) is 1.75. The van der Waals surface area contributed by atoms with Gasteiger partial charge < -0.3 is 15.3 Å². The molecule has 1 aliphatic rings. The number of hydrogen-bond donors (Lipinski definition) is 2. The molecule has 0 bridgehead atoms. The lowest BCUT2D eigenvalue weighted by Gasteiger charge is -2.15. The summed E-state index contributed by atoms with van der Waals surface area (Å²) >= 11 is 0. The molecule has 0 radical (unpaired) electrons. The number of aromatic nitrogens is 1. The van der Waals surface area contributed by atoms with Crippen molar-refractivity contribution in [2.24, 2.45) is 5.92 Å². The topological polar surface area (TPSA) is 65.5 Å². The highest BCUT2D eigenvalue weighted by molar-refractivity contribution is 5.85. The Morgan fingerprint density at radius 3 is 2.75 bits per heavy atom. The van der Waals surface area contributed by atoms with E-state index in [4.69, 9.17) is 0 Å². The van der Waals surface area contributed by atoms with Crippen LogP contribution in [0.4, 0.5) is 0 Å². The summed E-state index contributed by atoms with van der Waals surface area (Å²) in [5, 5.41) is 14.2. The highest BCUT2D eigenvalue weighted by Gasteiger charge is 2.33. The van der Waals surface area contributed by atoms with Crippen molar-refractivity contribution in [3.8, 4) is 0 Å². The molecule has 0 saturated carbocycles. The molecular weight excluding hydrogens is 349 g/mol. The number of β-amino-alcohol motifs (C(OH)–C–C–N with tert-alkyl or cyclic N) is 1. The molecule has 0 spiro atoms. The molecule has 0 unspecified atom stereocenters. The highest BCUT2D eigenvalue weighted by atomic mass is 35.5. The second-order valence-corrected chi connectivity index (χ2v) is 5.86. The third-order valence-electron chi connectivity index (χ3n) is 4.21. The van der Waals surface area contributed by atoms with Gasteiger partial charge in [-0.3, -0.25) is 9.78 Å². The van der Waals surface area contributed by atoms with Gasteiger partial charge in [0.1, 0.15) is 0 Å². The lowest BCUT2D eigenvalue weighted by Crippen LogP contribution is -2.36. The van der Waals surface area contributed by atoms with Crippen molar-refractivity contribution in [1.29, 1.82) is 0 Å². The van der Waals surface area contributed by atoms with E-state index in [0.29, 0.717) is 26.1 Å². The Balaban J connectivity index is 0.00000144. The predicted molar refractivity (Wildman–Crippen MR) is 99.9 cm³/mol. The monoisotopic (exact) mass is 371 g/mol. The number of likely N-dealkylation sites (N-methyl/N-ethyl adjacent to an activating group) is 1. The second kappa shape index (κ2) is 9.18. The summed E-state index contributed by atoms with van der Waals surface area (Å²) in [5.41, 5.74) is 1.93. The van der Waals surface area contributed by atoms with Crippen LogP contribution < -0.4 is 5.32 Å². The minimum Gasteiger partial charge on any atom is -0.391 e. The third kappa shape index (κ3) is 4.57. The first-order chi connectivity index (χ1) is 10.7. The minimum atomic E-state index is -0.478. The van der Waals surface area contributed by atoms with E-state index in [1.54, 1.807) is 11.9 Å². The quantitative estimate of drug-likeness (QED) is 0.857. The second-order valence-electron chi connectivity index (χ2n) is 5.86. The van der Waals surface area contributed by atoms with Crippen molar-refractivity contribution in [3.05, 3.63) is 42.1 Å². The van der Waals surface area contributed by atoms with Crippen LogP contribution in [0.1, 0.15) is 5.69 Å². The molecule has 1 amide bonds. The van der Waals surface area contributed by atoms with Gasteiger partial charge in [-0.05, 0) is 25.6 Å². The fourth-order valence-electron chi connectivity index (χ4n) is 3.01. The maximum atomic E-state index is 11.9. The number of carbonyl (C=O) groups is 1. The summed E-state index contributed by atoms with van der Waals surface area (Å²) < 4.78 is 0. The van der Waals surface area contributed by atoms with E-state index in [9.17, 15) is 9.90 Å². The van der Waals surface area contributed by atoms with Gasteiger partial charge in [-0.15, -0.1) is 24.8 Å². The predicted octanol–water partition coefficient (Wildman–Crippen LogP) is 1.66. The fourth-order valence-corrected chi connectivity index (χ4v) is 3.01. The van der Waals surface area contributed by atoms with E-state index >= 15 is 0 Å². The van der Waals surface area contributed by atoms with E-state index < -0.39 is 6.10 Å². The summed E-state index contributed by atoms with van der Waals surface area (Å²) in [6.45, 7) is 1.32. The molecule has 5 nitrogen and oxygen atoms in total. The SMILES string of the molecule is CNCC(=O)N1C[C@@H](Cc2ccc3ccccc3n2)[C@H](O)C1.Cl.Cl. The number of nitrogens with zero attached hydrogens (tertiary/aromatic N) is 2. The van der Waals surface area contributed by atoms with Gasteiger partial charge in [0.15, 0.2) is 0 Å². The standard InChI is InChI=1S/C17H21N3O2.2ClH/c1-18-9-17(22)20-10-13(16(21)11-20)8-14-7-6-12-4-2-3-5-15(12)19-14;;/h2-7,13,16,18,21H,8-11H2,1H3;2*1H/t13-,16-;;/m1../s1. The van der Waals surface area contributed by atoms with Crippen molar-refractivity contribution in [2.45, 2.75) is 12.5 Å². The Hall–Kier alpha value is -1.40. The molecule has 2 N–H and O–H groups in total. The normalized spacial score (nSPS) is 19.7. The van der Waals surface area contributed by atoms with E-state index in [1.165, 1.54) is 0 Å². The smallest absolute Gasteiger partial charge is 0.236 e. The number of aliphatic hydroxyl groups excluding tert-OH is 1. The van der Waals surface area contributed by atoms with Crippen LogP contribution in [0.15, 0.2) is 36.4 Å². The molecule has 1 saturated heterocycles. The van der Waals surface area contributed by atoms with Gasteiger partial charge in [0.05, 0.1) is 18.2 Å². The van der Waals surface area contributed by atoms with Crippen molar-refractivity contribution < 1.29 is 9.90 Å². The first kappa shape index (κ1) is 20.6. The number of halogens is 2. The summed E-state index contributed by atoms with van der Waals surface area (Å²) in [6, 6.07) is 12.1. The molecule has 1 aromatic heterocycles. The Morgan fingerprint density at radius 1 is 1.25 bits per heavy atom. The minimum absolute atomic E-state index is 0. The molecule has 2 heterocycles. The van der Waals surface area contributed by atoms with E-state index in [1.807, 2.05) is 30.3 Å². The van der Waals surface area contributed by atoms with Crippen LogP contribution in [0.2, 0.25) is 0 Å². The third-order valence-corrected chi connectivity index (χ3v) is 4.21. The van der Waals surface area contributed by atoms with Crippen LogP contribution in [0, 0.1) is 5.92 Å². The fraction of sp³-hybridized carbons (Fsp3) is 0.412. The molecule has 132 valence electrons. The number of likely N-dealkylation sites (tertiary alicyclic amines) is 1. The number of nitrogens with one attached hydrogen (secondary N) is 1. The molecule has 1 aromatic carbocycles. The zero-order valence-electron chi connectivity index (χ0n) is 13.5. The van der Waals surface area contributed by atoms with Crippen LogP contribution in [0.3, 0.4) is 0 Å². The number of pyridine rings is 1. The Kier molecular flexibility index (Phi) is 7.90. The molecule has 1 aliphatic heterocycles. The number of rotatable bonds is 4. The molecule has 24 heavy (non-hydrogen) atoms. The van der Waals surface area contributed by atoms with E-state index in [-0.39, 0.29) is 36.6 Å². The van der Waals surface area contributed by atoms with Crippen molar-refractivity contribution in [1.82, 2.24) is 15.2 Å². The number of fused-ring (bicyclic) bond motifs is 1. The first-order valence-electron chi connectivity index (χ1n) is 7.62. The first-order valence-corrected chi connectivity index (χ1v) is 7.62. The number of benzene rings is 1. The van der Waals surface area contributed by atoms with Gasteiger partial charge in [-0.2, -0.15) is 0 Å². The zero-order valence-corrected chi connectivity index (χ0v) is 15.1. The maximum Gasteiger partial charge on any atom is 0.236 e. The Bertz CT molecular complexity index is 684. The lowest BCUT2D eigenvalue weighted by atomic mass is 9.99. The maximum absolute atomic E-state index is 11.9. The average molecular weight is 372 g/mol. The van der Waals surface area contributed by atoms with Crippen LogP contribution in [-0.4, -0.2) is 53.7 Å². The van der Waals surface area contributed by atoms with E-state index in [0.717, 1.165) is 16.6 Å². The molecule has 2 atom stereocenters. The molecule has 1 fully saturated rings. The number of aliphatic hydroxyl groups is 1. The van der Waals surface area contributed by atoms with Gasteiger partial charge in [-0.1, -0.05) is 24.3 Å². The largest absolute Gasteiger partial charge is 0.391 e. The number of amides is 1. The van der Waals surface area contributed by atoms with Gasteiger partial charge in [0.25, 0.3) is 0 Å². The number of carbonyl (C=O) groups excluding carboxylic acids is 1. The van der Waals surface area contributed by atoms with Gasteiger partial charge >= 0.3 is 0 Å². The number of hydrogen-bond acceptors (Lipinski definition) is 4. The van der Waals surface area contributed by atoms with Gasteiger partial charge in [0.2, 0.25) is 5.91 Å². The molecule has 0 aliphatic carbocycles. The lowest BCUT2D eigenvalue weighted by molar-refractivity contribution is -0.129. The molecule has 7 heteroatoms. The molecule has 3 rings (SSSR count). The Labute approximate surface area is 154 Å². The summed E-state index contributed by atoms with van der Waals surface area (Å²) in [4.78, 5) is 18.3. The molecular formula is C17H23Cl2N3O2. The van der Waals surface area contributed by atoms with E-state index in [2.05, 4.69) is 16.4 Å². The summed E-state index contributed by atoms with van der Waals surface area (Å²) in [5.74, 6) is 0.0880. The highest BCUT2D eigenvalue weighted by Crippen LogP contribution is 2.22. The van der Waals surface area contributed by atoms with Crippen LogP contribution >= 0.6 is 24.8 Å². The Morgan fingerprint density at radius 2 is 2.00 bits per heavy atom.